The van der Waals surface area contributed by atoms with E-state index in [1.54, 1.807) is 35.2 Å². The van der Waals surface area contributed by atoms with Crippen molar-refractivity contribution in [2.45, 2.75) is 19.5 Å². The van der Waals surface area contributed by atoms with Crippen molar-refractivity contribution in [3.05, 3.63) is 83.9 Å². The molecule has 1 aliphatic rings. The van der Waals surface area contributed by atoms with Gasteiger partial charge in [0.05, 0.1) is 6.04 Å². The highest BCUT2D eigenvalue weighted by molar-refractivity contribution is 5.94. The Morgan fingerprint density at radius 2 is 1.79 bits per heavy atom. The molecule has 1 fully saturated rings. The van der Waals surface area contributed by atoms with Gasteiger partial charge in [0.25, 0.3) is 5.91 Å². The molecule has 0 bridgehead atoms. The number of rotatable bonds is 7. The molecule has 1 N–H and O–H groups in total. The second-order valence-corrected chi connectivity index (χ2v) is 9.70. The Balaban J connectivity index is 1.18. The van der Waals surface area contributed by atoms with Gasteiger partial charge in [-0.1, -0.05) is 35.1 Å². The summed E-state index contributed by atoms with van der Waals surface area (Å²) in [5.74, 6) is 0.0389. The van der Waals surface area contributed by atoms with E-state index >= 15 is 0 Å². The van der Waals surface area contributed by atoms with E-state index in [2.05, 4.69) is 30.7 Å². The second kappa shape index (κ2) is 11.4. The molecule has 0 unspecified atom stereocenters. The van der Waals surface area contributed by atoms with Crippen LogP contribution in [0.4, 0.5) is 14.5 Å². The first-order chi connectivity index (χ1) is 20.4. The molecule has 14 heteroatoms. The first-order valence-electron chi connectivity index (χ1n) is 13.2. The lowest BCUT2D eigenvalue weighted by molar-refractivity contribution is -0.114. The predicted octanol–water partition coefficient (Wildman–Crippen LogP) is 3.78. The highest BCUT2D eigenvalue weighted by Crippen LogP contribution is 2.29. The van der Waals surface area contributed by atoms with Gasteiger partial charge in [-0.15, -0.1) is 10.2 Å². The third kappa shape index (κ3) is 5.56. The van der Waals surface area contributed by atoms with Crippen LogP contribution in [0.2, 0.25) is 0 Å². The third-order valence-corrected chi connectivity index (χ3v) is 6.88. The lowest BCUT2D eigenvalue weighted by Crippen LogP contribution is -2.50. The maximum Gasteiger partial charge on any atom is 0.350 e. The van der Waals surface area contributed by atoms with E-state index in [0.29, 0.717) is 59.2 Å². The lowest BCUT2D eigenvalue weighted by Gasteiger charge is -2.38. The molecule has 12 nitrogen and oxygen atoms in total. The Morgan fingerprint density at radius 3 is 2.50 bits per heavy atom. The molecule has 0 spiro atoms. The molecular weight excluding hydrogens is 548 g/mol. The molecule has 1 aliphatic heterocycles. The molecule has 2 amide bonds. The molecule has 42 heavy (non-hydrogen) atoms. The van der Waals surface area contributed by atoms with Crippen LogP contribution >= 0.6 is 0 Å². The fraction of sp³-hybridized carbons (Fsp3) is 0.250. The van der Waals surface area contributed by atoms with Crippen molar-refractivity contribution < 1.29 is 22.8 Å². The van der Waals surface area contributed by atoms with Gasteiger partial charge in [-0.25, -0.2) is 4.98 Å². The zero-order valence-electron chi connectivity index (χ0n) is 22.4. The maximum absolute atomic E-state index is 13.4. The van der Waals surface area contributed by atoms with Crippen molar-refractivity contribution in [1.82, 2.24) is 40.0 Å². The molecule has 1 atom stereocenters. The maximum atomic E-state index is 13.4. The summed E-state index contributed by atoms with van der Waals surface area (Å²) in [4.78, 5) is 37.6. The number of piperazine rings is 1. The number of benzene rings is 2. The van der Waals surface area contributed by atoms with Crippen LogP contribution in [0.25, 0.3) is 22.6 Å². The van der Waals surface area contributed by atoms with Gasteiger partial charge in [-0.3, -0.25) is 19.5 Å². The molecule has 6 rings (SSSR count). The number of oxazole rings is 1. The normalized spacial score (nSPS) is 14.8. The first-order valence-corrected chi connectivity index (χ1v) is 13.2. The number of halogens is 2. The van der Waals surface area contributed by atoms with Gasteiger partial charge in [0.1, 0.15) is 11.2 Å². The number of tetrazole rings is 1. The Labute approximate surface area is 238 Å². The van der Waals surface area contributed by atoms with Crippen molar-refractivity contribution in [2.24, 2.45) is 0 Å². The van der Waals surface area contributed by atoms with Gasteiger partial charge in [0.2, 0.25) is 11.8 Å². The average molecular weight is 574 g/mol. The number of carbonyl (C=O) groups excluding carboxylic acids is 2. The standard InChI is InChI=1S/C28H25F2N9O3/c1-17(40)32-20-7-8-21-23(16-20)42-26(33-21)19-9-10-31-22(15-19)27(41)38-13-11-37(12-14-38)24(18-5-3-2-4-6-18)25-34-36-39(35-25)28(29)30/h2-10,15-16,24,28H,11-14H2,1H3,(H,32,40)/t24-/m0/s1. The molecule has 1 saturated heterocycles. The van der Waals surface area contributed by atoms with Crippen molar-refractivity contribution in [1.29, 1.82) is 0 Å². The van der Waals surface area contributed by atoms with E-state index in [0.717, 1.165) is 5.56 Å². The molecule has 2 aromatic carbocycles. The van der Waals surface area contributed by atoms with Crippen LogP contribution in [0, 0.1) is 0 Å². The summed E-state index contributed by atoms with van der Waals surface area (Å²) >= 11 is 0. The summed E-state index contributed by atoms with van der Waals surface area (Å²) in [6.07, 6.45) is 1.53. The fourth-order valence-corrected chi connectivity index (χ4v) is 4.94. The minimum Gasteiger partial charge on any atom is -0.436 e. The Bertz CT molecular complexity index is 1730. The summed E-state index contributed by atoms with van der Waals surface area (Å²) in [5, 5.41) is 14.0. The largest absolute Gasteiger partial charge is 0.436 e. The van der Waals surface area contributed by atoms with E-state index in [1.165, 1.54) is 13.1 Å². The number of fused-ring (bicyclic) bond motifs is 1. The van der Waals surface area contributed by atoms with Crippen LogP contribution in [0.1, 0.15) is 41.4 Å². The number of carbonyl (C=O) groups is 2. The molecule has 4 heterocycles. The number of nitrogens with one attached hydrogen (secondary N) is 1. The second-order valence-electron chi connectivity index (χ2n) is 9.70. The van der Waals surface area contributed by atoms with Crippen LogP contribution < -0.4 is 5.32 Å². The number of pyridine rings is 1. The highest BCUT2D eigenvalue weighted by Gasteiger charge is 2.32. The smallest absolute Gasteiger partial charge is 0.350 e. The van der Waals surface area contributed by atoms with Crippen LogP contribution in [0.5, 0.6) is 0 Å². The van der Waals surface area contributed by atoms with Gasteiger partial charge in [-0.2, -0.15) is 8.78 Å². The van der Waals surface area contributed by atoms with Crippen molar-refractivity contribution >= 4 is 28.6 Å². The fourth-order valence-electron chi connectivity index (χ4n) is 4.94. The summed E-state index contributed by atoms with van der Waals surface area (Å²) in [7, 11) is 0. The number of aromatic nitrogens is 6. The molecule has 3 aromatic heterocycles. The van der Waals surface area contributed by atoms with E-state index in [1.807, 2.05) is 35.2 Å². The van der Waals surface area contributed by atoms with Crippen LogP contribution in [-0.2, 0) is 4.79 Å². The van der Waals surface area contributed by atoms with E-state index in [9.17, 15) is 18.4 Å². The van der Waals surface area contributed by atoms with E-state index in [-0.39, 0.29) is 23.3 Å². The van der Waals surface area contributed by atoms with Gasteiger partial charge in [-0.05, 0) is 35.0 Å². The van der Waals surface area contributed by atoms with Gasteiger partial charge in [0, 0.05) is 56.6 Å². The highest BCUT2D eigenvalue weighted by atomic mass is 19.3. The summed E-state index contributed by atoms with van der Waals surface area (Å²) in [5.41, 5.74) is 3.35. The number of amides is 2. The number of alkyl halides is 2. The van der Waals surface area contributed by atoms with E-state index in [4.69, 9.17) is 4.42 Å². The Kier molecular flexibility index (Phi) is 7.35. The Hall–Kier alpha value is -5.11. The molecular formula is C28H25F2N9O3. The van der Waals surface area contributed by atoms with Crippen molar-refractivity contribution in [3.8, 4) is 11.5 Å². The van der Waals surface area contributed by atoms with Crippen molar-refractivity contribution in [2.75, 3.05) is 31.5 Å². The molecule has 0 radical (unpaired) electrons. The topological polar surface area (TPSA) is 135 Å². The Morgan fingerprint density at radius 1 is 1.00 bits per heavy atom. The molecule has 0 saturated carbocycles. The van der Waals surface area contributed by atoms with E-state index < -0.39 is 12.6 Å². The van der Waals surface area contributed by atoms with Gasteiger partial charge in [0.15, 0.2) is 11.4 Å². The van der Waals surface area contributed by atoms with Gasteiger partial charge >= 0.3 is 6.55 Å². The van der Waals surface area contributed by atoms with Crippen molar-refractivity contribution in [3.63, 3.8) is 0 Å². The summed E-state index contributed by atoms with van der Waals surface area (Å²) in [6, 6.07) is 17.4. The minimum atomic E-state index is -2.89. The van der Waals surface area contributed by atoms with Crippen LogP contribution in [-0.4, -0.2) is 78.0 Å². The average Bonchev–Trinajstić information content (AvgIpc) is 3.66. The SMILES string of the molecule is CC(=O)Nc1ccc2nc(-c3ccnc(C(=O)N4CCN([C@@H](c5ccccc5)c5nnn(C(F)F)n5)CC4)c3)oc2c1. The zero-order chi connectivity index (χ0) is 29.2. The third-order valence-electron chi connectivity index (χ3n) is 6.88. The number of hydrogen-bond donors (Lipinski definition) is 1. The molecule has 214 valence electrons. The zero-order valence-corrected chi connectivity index (χ0v) is 22.4. The number of anilines is 1. The summed E-state index contributed by atoms with van der Waals surface area (Å²) < 4.78 is 32.2. The monoisotopic (exact) mass is 573 g/mol. The quantitative estimate of drug-likeness (QED) is 0.309. The minimum absolute atomic E-state index is 0.165. The number of nitrogens with zero attached hydrogens (tertiary/aromatic N) is 8. The van der Waals surface area contributed by atoms with Crippen LogP contribution in [0.3, 0.4) is 0 Å². The predicted molar refractivity (Wildman–Crippen MR) is 146 cm³/mol. The number of hydrogen-bond acceptors (Lipinski definition) is 9. The lowest BCUT2D eigenvalue weighted by atomic mass is 10.0. The van der Waals surface area contributed by atoms with Crippen LogP contribution in [0.15, 0.2) is 71.3 Å². The molecule has 5 aromatic rings. The molecule has 0 aliphatic carbocycles. The first kappa shape index (κ1) is 27.1. The van der Waals surface area contributed by atoms with Gasteiger partial charge < -0.3 is 14.6 Å². The summed E-state index contributed by atoms with van der Waals surface area (Å²) in [6.45, 7) is 0.201.